The Morgan fingerprint density at radius 2 is 2.08 bits per heavy atom. The molecule has 0 fully saturated rings. The maximum atomic E-state index is 11.9. The summed E-state index contributed by atoms with van der Waals surface area (Å²) in [6.07, 6.45) is 1.72. The lowest BCUT2D eigenvalue weighted by molar-refractivity contribution is -0.125. The number of nitrogens with zero attached hydrogens (tertiary/aromatic N) is 4. The van der Waals surface area contributed by atoms with E-state index in [1.807, 2.05) is 30.3 Å². The van der Waals surface area contributed by atoms with Crippen LogP contribution >= 0.6 is 11.8 Å². The Morgan fingerprint density at radius 3 is 2.83 bits per heavy atom. The molecule has 0 spiro atoms. The van der Waals surface area contributed by atoms with Crippen molar-refractivity contribution in [3.05, 3.63) is 47.1 Å². The van der Waals surface area contributed by atoms with E-state index in [1.54, 1.807) is 25.2 Å². The summed E-state index contributed by atoms with van der Waals surface area (Å²) in [4.78, 5) is 34.0. The van der Waals surface area contributed by atoms with Crippen molar-refractivity contribution in [3.63, 3.8) is 0 Å². The second-order valence-corrected chi connectivity index (χ2v) is 6.53. The number of fused-ring (bicyclic) bond motifs is 3. The molecule has 2 aromatic heterocycles. The third-order valence-electron chi connectivity index (χ3n) is 3.64. The van der Waals surface area contributed by atoms with E-state index in [-0.39, 0.29) is 12.5 Å². The highest BCUT2D eigenvalue weighted by molar-refractivity contribution is 8.00. The van der Waals surface area contributed by atoms with Gasteiger partial charge in [0.25, 0.3) is 0 Å². The number of thioether (sulfide) groups is 1. The summed E-state index contributed by atoms with van der Waals surface area (Å²) in [6.45, 7) is -0.00561. The normalized spacial score (nSPS) is 10.9. The van der Waals surface area contributed by atoms with Crippen LogP contribution in [0.1, 0.15) is 5.69 Å². The number of amides is 1. The van der Waals surface area contributed by atoms with Crippen LogP contribution in [0.4, 0.5) is 0 Å². The monoisotopic (exact) mass is 340 g/mol. The number of hydrogen-bond acceptors (Lipinski definition) is 6. The van der Waals surface area contributed by atoms with E-state index in [0.29, 0.717) is 11.4 Å². The van der Waals surface area contributed by atoms with E-state index in [0.717, 1.165) is 26.7 Å². The maximum Gasteiger partial charge on any atom is 0.232 e. The van der Waals surface area contributed by atoms with Crippen LogP contribution in [0.5, 0.6) is 0 Å². The van der Waals surface area contributed by atoms with Crippen molar-refractivity contribution in [2.24, 2.45) is 5.18 Å². The van der Waals surface area contributed by atoms with Gasteiger partial charge in [0.2, 0.25) is 5.91 Å². The minimum atomic E-state index is -0.00561. The summed E-state index contributed by atoms with van der Waals surface area (Å²) in [6, 6.07) is 9.63. The van der Waals surface area contributed by atoms with E-state index >= 15 is 0 Å². The van der Waals surface area contributed by atoms with E-state index in [2.05, 4.69) is 15.1 Å². The van der Waals surface area contributed by atoms with Gasteiger partial charge < -0.3 is 4.90 Å². The molecule has 6 nitrogen and oxygen atoms in total. The summed E-state index contributed by atoms with van der Waals surface area (Å²) in [5, 5.41) is 4.84. The van der Waals surface area contributed by atoms with Crippen LogP contribution < -0.4 is 0 Å². The van der Waals surface area contributed by atoms with Gasteiger partial charge in [0.15, 0.2) is 0 Å². The molecule has 0 bridgehead atoms. The third-order valence-corrected chi connectivity index (χ3v) is 4.68. The molecular formula is C17H16N4O2S. The molecule has 0 saturated carbocycles. The van der Waals surface area contributed by atoms with Gasteiger partial charge in [0.1, 0.15) is 6.54 Å². The van der Waals surface area contributed by atoms with Gasteiger partial charge in [-0.3, -0.25) is 9.78 Å². The number of rotatable bonds is 5. The lowest BCUT2D eigenvalue weighted by atomic mass is 10.1. The van der Waals surface area contributed by atoms with Gasteiger partial charge in [-0.2, -0.15) is 4.91 Å². The second-order valence-electron chi connectivity index (χ2n) is 5.51. The third kappa shape index (κ3) is 3.21. The van der Waals surface area contributed by atoms with Crippen LogP contribution in [-0.2, 0) is 11.3 Å². The summed E-state index contributed by atoms with van der Waals surface area (Å²) in [5.41, 5.74) is 2.09. The Morgan fingerprint density at radius 1 is 1.25 bits per heavy atom. The molecule has 0 atom stereocenters. The summed E-state index contributed by atoms with van der Waals surface area (Å²) in [7, 11) is 3.46. The zero-order valence-electron chi connectivity index (χ0n) is 13.4. The highest BCUT2D eigenvalue weighted by Crippen LogP contribution is 2.31. The smallest absolute Gasteiger partial charge is 0.232 e. The molecule has 0 N–H and O–H groups in total. The summed E-state index contributed by atoms with van der Waals surface area (Å²) < 4.78 is 0. The summed E-state index contributed by atoms with van der Waals surface area (Å²) in [5.74, 6) is 0.347. The first kappa shape index (κ1) is 16.3. The number of carbonyl (C=O) groups is 1. The van der Waals surface area contributed by atoms with Crippen LogP contribution in [0.2, 0.25) is 0 Å². The average molecular weight is 340 g/mol. The van der Waals surface area contributed by atoms with Gasteiger partial charge in [-0.1, -0.05) is 23.4 Å². The molecule has 24 heavy (non-hydrogen) atoms. The Labute approximate surface area is 143 Å². The molecule has 0 aliphatic heterocycles. The number of carbonyl (C=O) groups excluding carboxylic acids is 1. The number of benzene rings is 1. The van der Waals surface area contributed by atoms with Crippen LogP contribution in [0.25, 0.3) is 21.8 Å². The fourth-order valence-corrected chi connectivity index (χ4v) is 3.46. The Kier molecular flexibility index (Phi) is 4.71. The molecule has 0 aliphatic carbocycles. The molecule has 1 amide bonds. The van der Waals surface area contributed by atoms with Gasteiger partial charge >= 0.3 is 0 Å². The molecule has 3 aromatic rings. The molecule has 7 heteroatoms. The highest BCUT2D eigenvalue weighted by atomic mass is 32.2. The Bertz CT molecular complexity index is 927. The van der Waals surface area contributed by atoms with Gasteiger partial charge in [0.05, 0.1) is 22.5 Å². The largest absolute Gasteiger partial charge is 0.348 e. The molecular weight excluding hydrogens is 324 g/mol. The SMILES string of the molecule is CN(C)C(=O)CSc1cc(CN=O)nc2c1ccc1cccnc12. The molecule has 3 rings (SSSR count). The predicted molar refractivity (Wildman–Crippen MR) is 96.0 cm³/mol. The minimum absolute atomic E-state index is 0.00561. The average Bonchev–Trinajstić information content (AvgIpc) is 2.59. The Balaban J connectivity index is 2.14. The predicted octanol–water partition coefficient (Wildman–Crippen LogP) is 3.23. The van der Waals surface area contributed by atoms with E-state index in [9.17, 15) is 9.70 Å². The zero-order valence-corrected chi connectivity index (χ0v) is 14.2. The van der Waals surface area contributed by atoms with Crippen LogP contribution in [0.15, 0.2) is 46.6 Å². The highest BCUT2D eigenvalue weighted by Gasteiger charge is 2.13. The molecule has 2 heterocycles. The van der Waals surface area contributed by atoms with Crippen molar-refractivity contribution in [2.75, 3.05) is 19.8 Å². The minimum Gasteiger partial charge on any atom is -0.348 e. The van der Waals surface area contributed by atoms with Crippen LogP contribution in [0, 0.1) is 4.91 Å². The number of pyridine rings is 2. The fourth-order valence-electron chi connectivity index (χ4n) is 2.38. The van der Waals surface area contributed by atoms with Crippen LogP contribution in [-0.4, -0.2) is 40.6 Å². The first-order valence-corrected chi connectivity index (χ1v) is 8.38. The van der Waals surface area contributed by atoms with Crippen LogP contribution in [0.3, 0.4) is 0 Å². The lowest BCUT2D eigenvalue weighted by Crippen LogP contribution is -2.23. The number of hydrogen-bond donors (Lipinski definition) is 0. The van der Waals surface area contributed by atoms with Gasteiger partial charge in [0, 0.05) is 36.0 Å². The van der Waals surface area contributed by atoms with Crippen molar-refractivity contribution in [2.45, 2.75) is 11.4 Å². The first-order chi connectivity index (χ1) is 11.6. The fraction of sp³-hybridized carbons (Fsp3) is 0.235. The molecule has 0 aliphatic rings. The number of nitroso groups, excluding NO2 is 1. The van der Waals surface area contributed by atoms with Crippen molar-refractivity contribution in [3.8, 4) is 0 Å². The maximum absolute atomic E-state index is 11.9. The topological polar surface area (TPSA) is 75.5 Å². The standard InChI is InChI=1S/C17H16N4O2S/c1-21(2)15(22)10-24-14-8-12(9-19-23)20-17-13(14)6-5-11-4-3-7-18-16(11)17/h3-8H,9-10H2,1-2H3. The molecule has 0 saturated heterocycles. The van der Waals surface area contributed by atoms with Crippen molar-refractivity contribution >= 4 is 39.5 Å². The second kappa shape index (κ2) is 6.92. The first-order valence-electron chi connectivity index (χ1n) is 7.39. The van der Waals surface area contributed by atoms with Crippen molar-refractivity contribution in [1.82, 2.24) is 14.9 Å². The zero-order chi connectivity index (χ0) is 17.1. The van der Waals surface area contributed by atoms with Crippen molar-refractivity contribution in [1.29, 1.82) is 0 Å². The van der Waals surface area contributed by atoms with Gasteiger partial charge in [-0.15, -0.1) is 11.8 Å². The van der Waals surface area contributed by atoms with Gasteiger partial charge in [-0.05, 0) is 12.1 Å². The number of aromatic nitrogens is 2. The quantitative estimate of drug-likeness (QED) is 0.405. The van der Waals surface area contributed by atoms with E-state index in [1.165, 1.54) is 11.8 Å². The van der Waals surface area contributed by atoms with Gasteiger partial charge in [-0.25, -0.2) is 4.98 Å². The Hall–Kier alpha value is -2.54. The molecule has 122 valence electrons. The lowest BCUT2D eigenvalue weighted by Gasteiger charge is -2.12. The summed E-state index contributed by atoms with van der Waals surface area (Å²) >= 11 is 1.43. The van der Waals surface area contributed by atoms with Crippen molar-refractivity contribution < 1.29 is 4.79 Å². The molecule has 1 aromatic carbocycles. The van der Waals surface area contributed by atoms with E-state index < -0.39 is 0 Å². The molecule has 0 unspecified atom stereocenters. The molecule has 0 radical (unpaired) electrons. The van der Waals surface area contributed by atoms with E-state index in [4.69, 9.17) is 0 Å².